The Hall–Kier alpha value is -2.06. The van der Waals surface area contributed by atoms with Crippen LogP contribution in [0.2, 0.25) is 0 Å². The number of carbonyl (C=O) groups excluding carboxylic acids is 2. The number of rotatable bonds is 10. The number of halogens is 5. The summed E-state index contributed by atoms with van der Waals surface area (Å²) in [6, 6.07) is 0. The topological polar surface area (TPSA) is 119 Å². The molecule has 0 saturated heterocycles. The van der Waals surface area contributed by atoms with Gasteiger partial charge in [0.1, 0.15) is 0 Å². The van der Waals surface area contributed by atoms with E-state index in [1.165, 1.54) is 0 Å². The molecule has 1 unspecified atom stereocenters. The van der Waals surface area contributed by atoms with E-state index >= 15 is 0 Å². The Morgan fingerprint density at radius 1 is 1.15 bits per heavy atom. The minimum absolute atomic E-state index is 0.247. The molecule has 0 radical (unpaired) electrons. The van der Waals surface area contributed by atoms with Gasteiger partial charge >= 0.3 is 39.2 Å². The molecule has 0 aromatic heterocycles. The van der Waals surface area contributed by atoms with Gasteiger partial charge < -0.3 is 14.8 Å². The highest BCUT2D eigenvalue weighted by Crippen LogP contribution is 2.37. The zero-order chi connectivity index (χ0) is 20.8. The highest BCUT2D eigenvalue weighted by Gasteiger charge is 2.66. The van der Waals surface area contributed by atoms with Crippen molar-refractivity contribution in [3.05, 3.63) is 25.3 Å². The predicted molar refractivity (Wildman–Crippen MR) is 75.3 cm³/mol. The van der Waals surface area contributed by atoms with Crippen molar-refractivity contribution in [2.75, 3.05) is 13.2 Å². The van der Waals surface area contributed by atoms with Crippen LogP contribution in [0.4, 0.5) is 22.0 Å². The van der Waals surface area contributed by atoms with Gasteiger partial charge in [0, 0.05) is 12.6 Å². The maximum atomic E-state index is 13.3. The van der Waals surface area contributed by atoms with Crippen LogP contribution in [-0.2, 0) is 29.2 Å². The first-order valence-electron chi connectivity index (χ1n) is 6.44. The van der Waals surface area contributed by atoms with Gasteiger partial charge in [-0.05, 0) is 0 Å². The summed E-state index contributed by atoms with van der Waals surface area (Å²) in [5, 5.41) is -3.25. The molecule has 150 valence electrons. The van der Waals surface area contributed by atoms with Crippen molar-refractivity contribution >= 4 is 22.0 Å². The first-order valence-corrected chi connectivity index (χ1v) is 7.88. The molecular formula is C12H14F5NO7S. The quantitative estimate of drug-likeness (QED) is 0.138. The number of esters is 1. The average Bonchev–Trinajstić information content (AvgIpc) is 2.48. The van der Waals surface area contributed by atoms with Crippen LogP contribution in [-0.4, -0.2) is 55.2 Å². The molecule has 1 atom stereocenters. The summed E-state index contributed by atoms with van der Waals surface area (Å²) in [4.78, 5) is 23.0. The van der Waals surface area contributed by atoms with E-state index in [2.05, 4.69) is 22.6 Å². The van der Waals surface area contributed by atoms with Gasteiger partial charge in [0.05, 0.1) is 13.0 Å². The number of carbonyl (C=O) groups is 2. The molecule has 0 aromatic carbocycles. The highest BCUT2D eigenvalue weighted by atomic mass is 32.2. The Morgan fingerprint density at radius 3 is 2.08 bits per heavy atom. The summed E-state index contributed by atoms with van der Waals surface area (Å²) in [7, 11) is -5.95. The SMILES string of the molecule is C=CCNC(=O)C(OCCC(F)(F)S(=O)(=O)O)(OC(=O)C=C)C(F)(F)F. The summed E-state index contributed by atoms with van der Waals surface area (Å²) in [6.45, 7) is 3.67. The molecule has 0 fully saturated rings. The zero-order valence-corrected chi connectivity index (χ0v) is 13.7. The Labute approximate surface area is 144 Å². The van der Waals surface area contributed by atoms with Crippen LogP contribution in [0.1, 0.15) is 6.42 Å². The normalized spacial score (nSPS) is 14.8. The van der Waals surface area contributed by atoms with Gasteiger partial charge in [-0.15, -0.1) is 6.58 Å². The molecule has 0 aliphatic rings. The van der Waals surface area contributed by atoms with Gasteiger partial charge in [0.25, 0.3) is 0 Å². The summed E-state index contributed by atoms with van der Waals surface area (Å²) < 4.78 is 103. The molecule has 0 rings (SSSR count). The van der Waals surface area contributed by atoms with Crippen LogP contribution < -0.4 is 5.32 Å². The number of nitrogens with one attached hydrogen (secondary N) is 1. The lowest BCUT2D eigenvalue weighted by molar-refractivity contribution is -0.347. The molecule has 0 bridgehead atoms. The third kappa shape index (κ3) is 5.74. The molecule has 8 nitrogen and oxygen atoms in total. The van der Waals surface area contributed by atoms with Crippen LogP contribution in [0, 0.1) is 0 Å². The third-order valence-corrected chi connectivity index (χ3v) is 3.52. The zero-order valence-electron chi connectivity index (χ0n) is 12.9. The van der Waals surface area contributed by atoms with E-state index < -0.39 is 58.8 Å². The van der Waals surface area contributed by atoms with E-state index in [1.54, 1.807) is 5.32 Å². The minimum Gasteiger partial charge on any atom is -0.412 e. The maximum absolute atomic E-state index is 13.3. The molecule has 26 heavy (non-hydrogen) atoms. The number of alkyl halides is 5. The molecule has 2 N–H and O–H groups in total. The van der Waals surface area contributed by atoms with Crippen molar-refractivity contribution in [2.24, 2.45) is 0 Å². The van der Waals surface area contributed by atoms with E-state index in [1.807, 2.05) is 0 Å². The predicted octanol–water partition coefficient (Wildman–Crippen LogP) is 1.16. The summed E-state index contributed by atoms with van der Waals surface area (Å²) >= 11 is 0. The van der Waals surface area contributed by atoms with Crippen molar-refractivity contribution in [1.82, 2.24) is 5.32 Å². The molecule has 0 aliphatic carbocycles. The van der Waals surface area contributed by atoms with Gasteiger partial charge in [-0.2, -0.15) is 30.4 Å². The maximum Gasteiger partial charge on any atom is 0.466 e. The van der Waals surface area contributed by atoms with E-state index in [0.29, 0.717) is 0 Å². The van der Waals surface area contributed by atoms with Crippen molar-refractivity contribution in [3.63, 3.8) is 0 Å². The van der Waals surface area contributed by atoms with Crippen molar-refractivity contribution in [3.8, 4) is 0 Å². The van der Waals surface area contributed by atoms with E-state index in [-0.39, 0.29) is 6.08 Å². The lowest BCUT2D eigenvalue weighted by Crippen LogP contribution is -2.61. The van der Waals surface area contributed by atoms with Crippen LogP contribution >= 0.6 is 0 Å². The molecule has 14 heteroatoms. The van der Waals surface area contributed by atoms with Gasteiger partial charge in [0.2, 0.25) is 0 Å². The summed E-state index contributed by atoms with van der Waals surface area (Å²) in [6.07, 6.45) is -6.51. The van der Waals surface area contributed by atoms with E-state index in [4.69, 9.17) is 4.55 Å². The number of hydrogen-bond donors (Lipinski definition) is 2. The summed E-state index contributed by atoms with van der Waals surface area (Å²) in [5.41, 5.74) is 0. The first-order chi connectivity index (χ1) is 11.6. The Kier molecular flexibility index (Phi) is 7.87. The number of hydrogen-bond acceptors (Lipinski definition) is 6. The fraction of sp³-hybridized carbons (Fsp3) is 0.500. The molecule has 0 saturated carbocycles. The van der Waals surface area contributed by atoms with Crippen LogP contribution in [0.25, 0.3) is 0 Å². The second-order valence-electron chi connectivity index (χ2n) is 4.45. The first kappa shape index (κ1) is 23.9. The second-order valence-corrected chi connectivity index (χ2v) is 6.00. The molecule has 0 spiro atoms. The van der Waals surface area contributed by atoms with Gasteiger partial charge in [-0.3, -0.25) is 9.35 Å². The lowest BCUT2D eigenvalue weighted by Gasteiger charge is -2.33. The highest BCUT2D eigenvalue weighted by molar-refractivity contribution is 7.86. The molecule has 0 heterocycles. The molecule has 1 amide bonds. The fourth-order valence-electron chi connectivity index (χ4n) is 1.32. The molecule has 0 aromatic rings. The molecule has 0 aliphatic heterocycles. The number of ether oxygens (including phenoxy) is 2. The number of amides is 1. The van der Waals surface area contributed by atoms with E-state index in [9.17, 15) is 40.0 Å². The molecular weight excluding hydrogens is 397 g/mol. The summed E-state index contributed by atoms with van der Waals surface area (Å²) in [5.74, 6) is -8.23. The van der Waals surface area contributed by atoms with E-state index in [0.717, 1.165) is 6.08 Å². The fourth-order valence-corrected chi connectivity index (χ4v) is 1.66. The van der Waals surface area contributed by atoms with Crippen LogP contribution in [0.15, 0.2) is 25.3 Å². The van der Waals surface area contributed by atoms with Crippen LogP contribution in [0.5, 0.6) is 0 Å². The Bertz CT molecular complexity index is 661. The largest absolute Gasteiger partial charge is 0.466 e. The van der Waals surface area contributed by atoms with Crippen molar-refractivity contribution in [2.45, 2.75) is 23.6 Å². The minimum atomic E-state index is -5.95. The van der Waals surface area contributed by atoms with Crippen molar-refractivity contribution in [1.29, 1.82) is 0 Å². The van der Waals surface area contributed by atoms with Gasteiger partial charge in [-0.25, -0.2) is 4.79 Å². The average molecular weight is 411 g/mol. The van der Waals surface area contributed by atoms with Crippen LogP contribution in [0.3, 0.4) is 0 Å². The van der Waals surface area contributed by atoms with Gasteiger partial charge in [0.15, 0.2) is 0 Å². The Balaban J connectivity index is 5.74. The third-order valence-electron chi connectivity index (χ3n) is 2.57. The van der Waals surface area contributed by atoms with Crippen molar-refractivity contribution < 1.29 is 54.0 Å². The monoisotopic (exact) mass is 411 g/mol. The standard InChI is InChI=1S/C12H14F5NO7S/c1-3-6-18-9(20)11(12(15,16)17,25-8(19)4-2)24-7-5-10(13,14)26(21,22)23/h3-4H,1-2,5-7H2,(H,18,20)(H,21,22,23). The van der Waals surface area contributed by atoms with Gasteiger partial charge in [-0.1, -0.05) is 12.7 Å². The second kappa shape index (κ2) is 8.55. The Morgan fingerprint density at radius 2 is 1.69 bits per heavy atom. The lowest BCUT2D eigenvalue weighted by atomic mass is 10.2. The smallest absolute Gasteiger partial charge is 0.412 e.